The van der Waals surface area contributed by atoms with Crippen molar-refractivity contribution >= 4 is 11.9 Å². The van der Waals surface area contributed by atoms with E-state index in [0.717, 1.165) is 51.6 Å². The van der Waals surface area contributed by atoms with Gasteiger partial charge >= 0.3 is 5.97 Å². The quantitative estimate of drug-likeness (QED) is 0.862. The Morgan fingerprint density at radius 3 is 2.52 bits per heavy atom. The Hall–Kier alpha value is -1.10. The molecule has 118 valence electrons. The summed E-state index contributed by atoms with van der Waals surface area (Å²) in [6.07, 6.45) is 6.65. The zero-order valence-corrected chi connectivity index (χ0v) is 12.7. The fraction of sp³-hybridized carbons (Fsp3) is 0.875. The Morgan fingerprint density at radius 1 is 1.29 bits per heavy atom. The zero-order valence-electron chi connectivity index (χ0n) is 12.7. The van der Waals surface area contributed by atoms with E-state index in [4.69, 9.17) is 9.84 Å². The minimum Gasteiger partial charge on any atom is -0.481 e. The lowest BCUT2D eigenvalue weighted by molar-refractivity contribution is -0.140. The minimum atomic E-state index is -0.665. The van der Waals surface area contributed by atoms with Crippen LogP contribution in [0, 0.1) is 11.3 Å². The molecular weight excluding hydrogens is 270 g/mol. The van der Waals surface area contributed by atoms with Gasteiger partial charge in [-0.15, -0.1) is 0 Å². The number of rotatable bonds is 4. The number of carbonyl (C=O) groups is 2. The maximum absolute atomic E-state index is 12.2. The fourth-order valence-electron chi connectivity index (χ4n) is 3.99. The lowest BCUT2D eigenvalue weighted by Gasteiger charge is -2.33. The van der Waals surface area contributed by atoms with Crippen LogP contribution in [0.15, 0.2) is 0 Å². The van der Waals surface area contributed by atoms with E-state index in [1.807, 2.05) is 4.90 Å². The summed E-state index contributed by atoms with van der Waals surface area (Å²) in [5, 5.41) is 9.08. The number of hydrogen-bond acceptors (Lipinski definition) is 3. The largest absolute Gasteiger partial charge is 0.481 e. The second kappa shape index (κ2) is 5.59. The summed E-state index contributed by atoms with van der Waals surface area (Å²) in [7, 11) is 0. The molecule has 21 heavy (non-hydrogen) atoms. The molecule has 2 saturated heterocycles. The van der Waals surface area contributed by atoms with E-state index in [9.17, 15) is 9.59 Å². The highest BCUT2D eigenvalue weighted by Gasteiger charge is 2.59. The van der Waals surface area contributed by atoms with Gasteiger partial charge in [0.2, 0.25) is 5.91 Å². The van der Waals surface area contributed by atoms with Crippen molar-refractivity contribution in [1.29, 1.82) is 0 Å². The van der Waals surface area contributed by atoms with Crippen molar-refractivity contribution in [1.82, 2.24) is 4.90 Å². The number of carboxylic acid groups (broad SMARTS) is 1. The Labute approximate surface area is 125 Å². The summed E-state index contributed by atoms with van der Waals surface area (Å²) in [5.74, 6) is -0.620. The monoisotopic (exact) mass is 295 g/mol. The first-order valence-electron chi connectivity index (χ1n) is 8.16. The molecule has 2 aliphatic heterocycles. The lowest BCUT2D eigenvalue weighted by atomic mass is 9.90. The summed E-state index contributed by atoms with van der Waals surface area (Å²) in [6, 6.07) is 0. The molecule has 0 aromatic rings. The highest BCUT2D eigenvalue weighted by molar-refractivity contribution is 5.77. The molecule has 5 heteroatoms. The van der Waals surface area contributed by atoms with Gasteiger partial charge in [0, 0.05) is 19.5 Å². The van der Waals surface area contributed by atoms with Gasteiger partial charge in [0.05, 0.1) is 18.1 Å². The number of nitrogens with zero attached hydrogens (tertiary/aromatic N) is 1. The van der Waals surface area contributed by atoms with Crippen LogP contribution in [0.4, 0.5) is 0 Å². The second-order valence-electron chi connectivity index (χ2n) is 7.02. The van der Waals surface area contributed by atoms with Crippen LogP contribution in [0.1, 0.15) is 51.9 Å². The number of piperidine rings is 1. The first kappa shape index (κ1) is 14.8. The van der Waals surface area contributed by atoms with Crippen LogP contribution in [0.3, 0.4) is 0 Å². The van der Waals surface area contributed by atoms with Crippen molar-refractivity contribution in [3.8, 4) is 0 Å². The zero-order chi connectivity index (χ0) is 15.0. The Kier molecular flexibility index (Phi) is 3.95. The third-order valence-electron chi connectivity index (χ3n) is 5.60. The van der Waals surface area contributed by atoms with Crippen LogP contribution in [-0.2, 0) is 14.3 Å². The maximum Gasteiger partial charge on any atom is 0.307 e. The van der Waals surface area contributed by atoms with Crippen molar-refractivity contribution in [2.24, 2.45) is 11.3 Å². The molecule has 3 atom stereocenters. The third kappa shape index (κ3) is 3.07. The van der Waals surface area contributed by atoms with E-state index in [0.29, 0.717) is 12.5 Å². The van der Waals surface area contributed by atoms with Crippen molar-refractivity contribution in [2.75, 3.05) is 13.1 Å². The summed E-state index contributed by atoms with van der Waals surface area (Å²) in [5.41, 5.74) is 0.00656. The molecule has 0 aromatic carbocycles. The van der Waals surface area contributed by atoms with Gasteiger partial charge in [0.1, 0.15) is 0 Å². The number of carboxylic acids is 1. The molecule has 1 spiro atoms. The van der Waals surface area contributed by atoms with Crippen molar-refractivity contribution in [3.05, 3.63) is 0 Å². The molecule has 0 radical (unpaired) electrons. The van der Waals surface area contributed by atoms with E-state index in [1.54, 1.807) is 0 Å². The van der Waals surface area contributed by atoms with Gasteiger partial charge in [-0.2, -0.15) is 0 Å². The van der Waals surface area contributed by atoms with E-state index < -0.39 is 5.97 Å². The second-order valence-corrected chi connectivity index (χ2v) is 7.02. The Bertz CT molecular complexity index is 428. The summed E-state index contributed by atoms with van der Waals surface area (Å²) >= 11 is 0. The molecule has 1 aliphatic carbocycles. The molecule has 0 aromatic heterocycles. The summed E-state index contributed by atoms with van der Waals surface area (Å²) < 4.78 is 5.75. The van der Waals surface area contributed by atoms with Gasteiger partial charge in [0.25, 0.3) is 0 Å². The van der Waals surface area contributed by atoms with Gasteiger partial charge < -0.3 is 14.7 Å². The van der Waals surface area contributed by atoms with E-state index in [-0.39, 0.29) is 23.3 Å². The minimum absolute atomic E-state index is 0.00656. The van der Waals surface area contributed by atoms with Crippen LogP contribution in [-0.4, -0.2) is 47.2 Å². The normalized spacial score (nSPS) is 34.1. The smallest absolute Gasteiger partial charge is 0.307 e. The van der Waals surface area contributed by atoms with Crippen LogP contribution >= 0.6 is 0 Å². The average Bonchev–Trinajstić information content (AvgIpc) is 3.00. The Morgan fingerprint density at radius 2 is 2.00 bits per heavy atom. The molecular formula is C16H25NO4. The molecule has 1 N–H and O–H groups in total. The van der Waals surface area contributed by atoms with Gasteiger partial charge in [-0.25, -0.2) is 0 Å². The van der Waals surface area contributed by atoms with Crippen molar-refractivity contribution in [3.63, 3.8) is 0 Å². The summed E-state index contributed by atoms with van der Waals surface area (Å²) in [6.45, 7) is 3.54. The molecule has 3 unspecified atom stereocenters. The van der Waals surface area contributed by atoms with Gasteiger partial charge in [0.15, 0.2) is 0 Å². The standard InChI is InChI=1S/C16H25NO4/c1-11-2-3-12(21-11)4-5-14(18)17-8-6-16(7-9-17)10-13(16)15(19)20/h11-13H,2-10H2,1H3,(H,19,20). The van der Waals surface area contributed by atoms with Crippen LogP contribution < -0.4 is 0 Å². The Balaban J connectivity index is 1.40. The predicted octanol–water partition coefficient (Wildman–Crippen LogP) is 2.05. The van der Waals surface area contributed by atoms with Crippen molar-refractivity contribution in [2.45, 2.75) is 64.1 Å². The molecule has 3 fully saturated rings. The average molecular weight is 295 g/mol. The third-order valence-corrected chi connectivity index (χ3v) is 5.60. The molecule has 3 rings (SSSR count). The van der Waals surface area contributed by atoms with Gasteiger partial charge in [-0.3, -0.25) is 9.59 Å². The maximum atomic E-state index is 12.2. The number of ether oxygens (including phenoxy) is 1. The number of aliphatic carboxylic acids is 1. The lowest BCUT2D eigenvalue weighted by Crippen LogP contribution is -2.40. The fourth-order valence-corrected chi connectivity index (χ4v) is 3.99. The first-order chi connectivity index (χ1) is 10.00. The van der Waals surface area contributed by atoms with E-state index in [1.165, 1.54) is 0 Å². The molecule has 5 nitrogen and oxygen atoms in total. The number of carbonyl (C=O) groups excluding carboxylic acids is 1. The molecule has 1 amide bonds. The highest BCUT2D eigenvalue weighted by Crippen LogP contribution is 2.59. The van der Waals surface area contributed by atoms with Gasteiger partial charge in [-0.05, 0) is 50.9 Å². The highest BCUT2D eigenvalue weighted by atomic mass is 16.5. The molecule has 1 saturated carbocycles. The molecule has 3 aliphatic rings. The number of amides is 1. The predicted molar refractivity (Wildman–Crippen MR) is 76.8 cm³/mol. The molecule has 0 bridgehead atoms. The van der Waals surface area contributed by atoms with E-state index >= 15 is 0 Å². The number of hydrogen-bond donors (Lipinski definition) is 1. The first-order valence-corrected chi connectivity index (χ1v) is 8.16. The van der Waals surface area contributed by atoms with Crippen LogP contribution in [0.25, 0.3) is 0 Å². The topological polar surface area (TPSA) is 66.8 Å². The summed E-state index contributed by atoms with van der Waals surface area (Å²) in [4.78, 5) is 25.2. The van der Waals surface area contributed by atoms with Crippen LogP contribution in [0.5, 0.6) is 0 Å². The van der Waals surface area contributed by atoms with Crippen LogP contribution in [0.2, 0.25) is 0 Å². The van der Waals surface area contributed by atoms with Crippen molar-refractivity contribution < 1.29 is 19.4 Å². The van der Waals surface area contributed by atoms with Gasteiger partial charge in [-0.1, -0.05) is 0 Å². The SMILES string of the molecule is CC1CCC(CCC(=O)N2CCC3(CC2)CC3C(=O)O)O1. The number of likely N-dealkylation sites (tertiary alicyclic amines) is 1. The molecule has 2 heterocycles. The van der Waals surface area contributed by atoms with E-state index in [2.05, 4.69) is 6.92 Å².